The van der Waals surface area contributed by atoms with Crippen molar-refractivity contribution >= 4 is 0 Å². The molecule has 11 heavy (non-hydrogen) atoms. The summed E-state index contributed by atoms with van der Waals surface area (Å²) in [6, 6.07) is 0. The molecular weight excluding hydrogens is 193 g/mol. The van der Waals surface area contributed by atoms with Gasteiger partial charge in [-0.1, -0.05) is 41.5 Å². The smallest absolute Gasteiger partial charge is 0.850 e. The molecule has 0 fully saturated rings. The molecule has 0 aliphatic carbocycles. The maximum absolute atomic E-state index is 10.1. The van der Waals surface area contributed by atoms with Crippen LogP contribution >= 0.6 is 0 Å². The van der Waals surface area contributed by atoms with E-state index in [9.17, 15) is 10.2 Å². The maximum Gasteiger partial charge on any atom is 2.00 e. The molecular formula is C8H18O2Zn. The largest absolute Gasteiger partial charge is 2.00 e. The summed E-state index contributed by atoms with van der Waals surface area (Å²) in [6.07, 6.45) is 0. The normalized spacial score (nSPS) is 10.9. The molecule has 0 amide bonds. The summed E-state index contributed by atoms with van der Waals surface area (Å²) in [5, 5.41) is 20.2. The Morgan fingerprint density at radius 1 is 0.636 bits per heavy atom. The van der Waals surface area contributed by atoms with Gasteiger partial charge in [-0.15, -0.1) is 11.2 Å². The Bertz CT molecular complexity index is 55.1. The van der Waals surface area contributed by atoms with Crippen molar-refractivity contribution in [3.05, 3.63) is 0 Å². The zero-order chi connectivity index (χ0) is 9.00. The van der Waals surface area contributed by atoms with Gasteiger partial charge in [-0.3, -0.25) is 0 Å². The molecule has 0 aromatic rings. The van der Waals surface area contributed by atoms with Crippen LogP contribution in [-0.4, -0.2) is 11.2 Å². The molecule has 0 atom stereocenters. The molecule has 0 spiro atoms. The SMILES string of the molecule is CC(C)(C)[O-].CC(C)(C)[O-].[Zn+2]. The molecule has 0 aliphatic rings. The van der Waals surface area contributed by atoms with Crippen LogP contribution in [0.4, 0.5) is 0 Å². The van der Waals surface area contributed by atoms with Crippen LogP contribution < -0.4 is 10.2 Å². The third-order valence-electron chi connectivity index (χ3n) is 0. The van der Waals surface area contributed by atoms with E-state index in [1.54, 1.807) is 41.5 Å². The van der Waals surface area contributed by atoms with Crippen molar-refractivity contribution in [2.24, 2.45) is 0 Å². The van der Waals surface area contributed by atoms with E-state index in [1.807, 2.05) is 0 Å². The molecule has 0 aromatic heterocycles. The topological polar surface area (TPSA) is 46.1 Å². The first-order chi connectivity index (χ1) is 4.00. The Kier molecular flexibility index (Phi) is 9.75. The summed E-state index contributed by atoms with van der Waals surface area (Å²) in [5.74, 6) is 0. The predicted octanol–water partition coefficient (Wildman–Crippen LogP) is 0.288. The van der Waals surface area contributed by atoms with Gasteiger partial charge in [0.2, 0.25) is 0 Å². The fourth-order valence-corrected chi connectivity index (χ4v) is 0. The van der Waals surface area contributed by atoms with Crippen LogP contribution in [0.5, 0.6) is 0 Å². The molecule has 0 unspecified atom stereocenters. The third kappa shape index (κ3) is 2610. The second-order valence-corrected chi connectivity index (χ2v) is 4.22. The standard InChI is InChI=1S/2C4H9O.Zn/c2*1-4(2,3)5;/h2*1-3H3;/q2*-1;+2. The molecule has 0 saturated carbocycles. The second-order valence-electron chi connectivity index (χ2n) is 4.22. The zero-order valence-electron chi connectivity index (χ0n) is 8.52. The van der Waals surface area contributed by atoms with Crippen molar-refractivity contribution in [2.75, 3.05) is 0 Å². The molecule has 2 nitrogen and oxygen atoms in total. The first kappa shape index (κ1) is 17.6. The second kappa shape index (κ2) is 6.10. The van der Waals surface area contributed by atoms with E-state index < -0.39 is 11.2 Å². The van der Waals surface area contributed by atoms with Crippen LogP contribution in [0.25, 0.3) is 0 Å². The van der Waals surface area contributed by atoms with Crippen LogP contribution in [0.3, 0.4) is 0 Å². The van der Waals surface area contributed by atoms with Crippen molar-refractivity contribution in [3.63, 3.8) is 0 Å². The molecule has 0 saturated heterocycles. The van der Waals surface area contributed by atoms with Gasteiger partial charge in [0.25, 0.3) is 0 Å². The van der Waals surface area contributed by atoms with Crippen LogP contribution in [0.2, 0.25) is 0 Å². The summed E-state index contributed by atoms with van der Waals surface area (Å²) in [6.45, 7) is 9.79. The van der Waals surface area contributed by atoms with Gasteiger partial charge in [0, 0.05) is 0 Å². The van der Waals surface area contributed by atoms with Crippen LogP contribution in [0.15, 0.2) is 0 Å². The summed E-state index contributed by atoms with van der Waals surface area (Å²) >= 11 is 0. The Hall–Kier alpha value is 0.543. The fraction of sp³-hybridized carbons (Fsp3) is 1.00. The van der Waals surface area contributed by atoms with Gasteiger partial charge in [-0.2, -0.15) is 0 Å². The minimum absolute atomic E-state index is 0. The van der Waals surface area contributed by atoms with Gasteiger partial charge in [0.15, 0.2) is 0 Å². The Balaban J connectivity index is -0.000000107. The Morgan fingerprint density at radius 2 is 0.636 bits per heavy atom. The molecule has 0 radical (unpaired) electrons. The summed E-state index contributed by atoms with van der Waals surface area (Å²) in [4.78, 5) is 0. The fourth-order valence-electron chi connectivity index (χ4n) is 0. The monoisotopic (exact) mass is 210 g/mol. The van der Waals surface area contributed by atoms with E-state index in [4.69, 9.17) is 0 Å². The molecule has 64 valence electrons. The Labute approximate surface area is 82.8 Å². The van der Waals surface area contributed by atoms with Gasteiger partial charge in [0.05, 0.1) is 0 Å². The molecule has 0 bridgehead atoms. The van der Waals surface area contributed by atoms with E-state index in [1.165, 1.54) is 0 Å². The van der Waals surface area contributed by atoms with Gasteiger partial charge < -0.3 is 10.2 Å². The number of rotatable bonds is 0. The predicted molar refractivity (Wildman–Crippen MR) is 39.5 cm³/mol. The molecule has 0 aliphatic heterocycles. The van der Waals surface area contributed by atoms with E-state index in [-0.39, 0.29) is 19.5 Å². The van der Waals surface area contributed by atoms with E-state index in [0.29, 0.717) is 0 Å². The van der Waals surface area contributed by atoms with Gasteiger partial charge >= 0.3 is 19.5 Å². The molecule has 0 heterocycles. The minimum Gasteiger partial charge on any atom is -0.850 e. The molecule has 0 N–H and O–H groups in total. The first-order valence-corrected chi connectivity index (χ1v) is 3.41. The minimum atomic E-state index is -0.750. The number of hydrogen-bond acceptors (Lipinski definition) is 2. The van der Waals surface area contributed by atoms with Crippen molar-refractivity contribution < 1.29 is 29.7 Å². The van der Waals surface area contributed by atoms with Crippen molar-refractivity contribution in [3.8, 4) is 0 Å². The van der Waals surface area contributed by atoms with Gasteiger partial charge in [-0.05, 0) is 0 Å². The van der Waals surface area contributed by atoms with Crippen molar-refractivity contribution in [1.29, 1.82) is 0 Å². The van der Waals surface area contributed by atoms with E-state index in [0.717, 1.165) is 0 Å². The molecule has 3 heteroatoms. The van der Waals surface area contributed by atoms with Crippen LogP contribution in [0, 0.1) is 0 Å². The van der Waals surface area contributed by atoms with Gasteiger partial charge in [0.1, 0.15) is 0 Å². The van der Waals surface area contributed by atoms with E-state index >= 15 is 0 Å². The molecule has 0 aromatic carbocycles. The van der Waals surface area contributed by atoms with Crippen LogP contribution in [-0.2, 0) is 19.5 Å². The zero-order valence-corrected chi connectivity index (χ0v) is 11.5. The quantitative estimate of drug-likeness (QED) is 0.541. The summed E-state index contributed by atoms with van der Waals surface area (Å²) < 4.78 is 0. The van der Waals surface area contributed by atoms with Crippen LogP contribution in [0.1, 0.15) is 41.5 Å². The first-order valence-electron chi connectivity index (χ1n) is 3.41. The average Bonchev–Trinajstić information content (AvgIpc) is 1.12. The van der Waals surface area contributed by atoms with E-state index in [2.05, 4.69) is 0 Å². The molecule has 0 rings (SSSR count). The summed E-state index contributed by atoms with van der Waals surface area (Å²) in [5.41, 5.74) is -1.50. The van der Waals surface area contributed by atoms with Gasteiger partial charge in [-0.25, -0.2) is 0 Å². The van der Waals surface area contributed by atoms with Crippen molar-refractivity contribution in [2.45, 2.75) is 52.7 Å². The van der Waals surface area contributed by atoms with Crippen molar-refractivity contribution in [1.82, 2.24) is 0 Å². The third-order valence-corrected chi connectivity index (χ3v) is 0. The number of hydrogen-bond donors (Lipinski definition) is 0. The summed E-state index contributed by atoms with van der Waals surface area (Å²) in [7, 11) is 0. The Morgan fingerprint density at radius 3 is 0.636 bits per heavy atom. The average molecular weight is 212 g/mol. The maximum atomic E-state index is 10.1.